The second kappa shape index (κ2) is 6.80. The third kappa shape index (κ3) is 3.15. The van der Waals surface area contributed by atoms with Crippen LogP contribution in [0, 0.1) is 0 Å². The maximum Gasteiger partial charge on any atom is 0.264 e. The zero-order chi connectivity index (χ0) is 18.1. The van der Waals surface area contributed by atoms with Crippen molar-refractivity contribution in [1.29, 1.82) is 0 Å². The Morgan fingerprint density at radius 2 is 2.04 bits per heavy atom. The van der Waals surface area contributed by atoms with Gasteiger partial charge in [0.1, 0.15) is 11.5 Å². The van der Waals surface area contributed by atoms with Crippen LogP contribution < -0.4 is 14.4 Å². The van der Waals surface area contributed by atoms with E-state index in [0.717, 1.165) is 39.9 Å². The van der Waals surface area contributed by atoms with Gasteiger partial charge in [0.2, 0.25) is 0 Å². The molecule has 5 nitrogen and oxygen atoms in total. The molecular weight excluding hydrogens is 348 g/mol. The number of methoxy groups -OCH3 is 1. The molecule has 1 aliphatic rings. The number of ether oxygens (including phenoxy) is 2. The van der Waals surface area contributed by atoms with Gasteiger partial charge in [-0.05, 0) is 35.9 Å². The summed E-state index contributed by atoms with van der Waals surface area (Å²) in [5, 5.41) is 3.09. The molecule has 132 valence electrons. The van der Waals surface area contributed by atoms with Gasteiger partial charge >= 0.3 is 0 Å². The highest BCUT2D eigenvalue weighted by Gasteiger charge is 2.22. The number of carbonyl (C=O) groups is 1. The van der Waals surface area contributed by atoms with Crippen LogP contribution in [0.3, 0.4) is 0 Å². The summed E-state index contributed by atoms with van der Waals surface area (Å²) in [4.78, 5) is 18.2. The second-order valence-corrected chi connectivity index (χ2v) is 7.02. The van der Waals surface area contributed by atoms with E-state index in [1.54, 1.807) is 30.4 Å². The Bertz CT molecular complexity index is 950. The Labute approximate surface area is 155 Å². The molecule has 2 heterocycles. The molecule has 6 heteroatoms. The average molecular weight is 366 g/mol. The van der Waals surface area contributed by atoms with E-state index in [-0.39, 0.29) is 12.5 Å². The average Bonchev–Trinajstić information content (AvgIpc) is 3.14. The van der Waals surface area contributed by atoms with Crippen molar-refractivity contribution in [2.75, 3.05) is 25.7 Å². The van der Waals surface area contributed by atoms with Gasteiger partial charge in [-0.25, -0.2) is 4.98 Å². The molecule has 0 N–H and O–H groups in total. The zero-order valence-corrected chi connectivity index (χ0v) is 15.4. The van der Waals surface area contributed by atoms with Gasteiger partial charge in [-0.1, -0.05) is 12.1 Å². The van der Waals surface area contributed by atoms with E-state index in [2.05, 4.69) is 12.1 Å². The minimum atomic E-state index is -0.0480. The van der Waals surface area contributed by atoms with E-state index in [1.165, 1.54) is 5.56 Å². The maximum absolute atomic E-state index is 11.8. The summed E-state index contributed by atoms with van der Waals surface area (Å²) < 4.78 is 10.7. The Hall–Kier alpha value is -2.86. The molecule has 0 spiro atoms. The smallest absolute Gasteiger partial charge is 0.264 e. The fraction of sp³-hybridized carbons (Fsp3) is 0.200. The van der Waals surface area contributed by atoms with Gasteiger partial charge in [0.25, 0.3) is 5.91 Å². The lowest BCUT2D eigenvalue weighted by molar-refractivity contribution is -0.120. The van der Waals surface area contributed by atoms with E-state index in [9.17, 15) is 4.79 Å². The van der Waals surface area contributed by atoms with Crippen molar-refractivity contribution in [3.63, 3.8) is 0 Å². The van der Waals surface area contributed by atoms with Crippen molar-refractivity contribution in [3.05, 3.63) is 58.4 Å². The standard InChI is InChI=1S/C20H18N2O3S/c1-22-17-10-14(5-8-18(17)25-11-20(22)23)16-12-26-19(21-16)9-13-3-6-15(24-2)7-4-13/h3-8,10,12H,9,11H2,1-2H3. The third-order valence-corrected chi connectivity index (χ3v) is 5.26. The summed E-state index contributed by atoms with van der Waals surface area (Å²) in [6, 6.07) is 13.9. The summed E-state index contributed by atoms with van der Waals surface area (Å²) >= 11 is 1.63. The lowest BCUT2D eigenvalue weighted by Crippen LogP contribution is -2.35. The first-order valence-electron chi connectivity index (χ1n) is 8.25. The largest absolute Gasteiger partial charge is 0.497 e. The molecule has 3 aromatic rings. The second-order valence-electron chi connectivity index (χ2n) is 6.08. The fourth-order valence-electron chi connectivity index (χ4n) is 2.87. The number of anilines is 1. The minimum absolute atomic E-state index is 0.0480. The number of hydrogen-bond donors (Lipinski definition) is 0. The van der Waals surface area contributed by atoms with Gasteiger partial charge < -0.3 is 14.4 Å². The molecule has 1 amide bonds. The predicted octanol–water partition coefficient (Wildman–Crippen LogP) is 3.76. The normalized spacial score (nSPS) is 13.3. The number of likely N-dealkylation sites (N-methyl/N-ethyl adjacent to an activating group) is 1. The van der Waals surface area contributed by atoms with Crippen LogP contribution in [0.5, 0.6) is 11.5 Å². The van der Waals surface area contributed by atoms with Gasteiger partial charge in [0, 0.05) is 24.4 Å². The molecule has 26 heavy (non-hydrogen) atoms. The molecule has 0 fully saturated rings. The first kappa shape index (κ1) is 16.6. The number of nitrogens with zero attached hydrogens (tertiary/aromatic N) is 2. The maximum atomic E-state index is 11.8. The van der Waals surface area contributed by atoms with Crippen LogP contribution in [-0.2, 0) is 11.2 Å². The number of carbonyl (C=O) groups excluding carboxylic acids is 1. The number of aromatic nitrogens is 1. The molecule has 1 aliphatic heterocycles. The van der Waals surface area contributed by atoms with Crippen molar-refractivity contribution in [2.24, 2.45) is 0 Å². The van der Waals surface area contributed by atoms with Crippen LogP contribution in [0.1, 0.15) is 10.6 Å². The monoisotopic (exact) mass is 366 g/mol. The summed E-state index contributed by atoms with van der Waals surface area (Å²) in [6.07, 6.45) is 0.779. The Morgan fingerprint density at radius 1 is 1.23 bits per heavy atom. The fourth-order valence-corrected chi connectivity index (χ4v) is 3.71. The van der Waals surface area contributed by atoms with E-state index >= 15 is 0 Å². The molecule has 0 bridgehead atoms. The van der Waals surface area contributed by atoms with Gasteiger partial charge in [-0.15, -0.1) is 11.3 Å². The highest BCUT2D eigenvalue weighted by atomic mass is 32.1. The molecule has 0 aliphatic carbocycles. The molecule has 0 saturated heterocycles. The highest BCUT2D eigenvalue weighted by Crippen LogP contribution is 2.35. The SMILES string of the molecule is COc1ccc(Cc2nc(-c3ccc4c(c3)N(C)C(=O)CO4)cs2)cc1. The van der Waals surface area contributed by atoms with Crippen LogP contribution in [0.25, 0.3) is 11.3 Å². The Morgan fingerprint density at radius 3 is 2.81 bits per heavy atom. The molecule has 1 aromatic heterocycles. The van der Waals surface area contributed by atoms with Crippen molar-refractivity contribution in [1.82, 2.24) is 4.98 Å². The lowest BCUT2D eigenvalue weighted by atomic mass is 10.1. The van der Waals surface area contributed by atoms with Gasteiger partial charge in [-0.2, -0.15) is 0 Å². The molecular formula is C20H18N2O3S. The molecule has 0 radical (unpaired) electrons. The van der Waals surface area contributed by atoms with Crippen LogP contribution in [0.15, 0.2) is 47.8 Å². The third-order valence-electron chi connectivity index (χ3n) is 4.41. The first-order valence-corrected chi connectivity index (χ1v) is 9.13. The zero-order valence-electron chi connectivity index (χ0n) is 14.6. The van der Waals surface area contributed by atoms with Crippen LogP contribution >= 0.6 is 11.3 Å². The summed E-state index contributed by atoms with van der Waals surface area (Å²) in [7, 11) is 3.43. The van der Waals surface area contributed by atoms with Crippen LogP contribution in [0.2, 0.25) is 0 Å². The topological polar surface area (TPSA) is 51.7 Å². The van der Waals surface area contributed by atoms with Crippen LogP contribution in [-0.4, -0.2) is 31.7 Å². The van der Waals surface area contributed by atoms with Gasteiger partial charge in [-0.3, -0.25) is 4.79 Å². The van der Waals surface area contributed by atoms with E-state index < -0.39 is 0 Å². The Balaban J connectivity index is 1.57. The molecule has 0 atom stereocenters. The first-order chi connectivity index (χ1) is 12.6. The summed E-state index contributed by atoms with van der Waals surface area (Å²) in [6.45, 7) is 0.0888. The predicted molar refractivity (Wildman–Crippen MR) is 102 cm³/mol. The lowest BCUT2D eigenvalue weighted by Gasteiger charge is -2.26. The van der Waals surface area contributed by atoms with Gasteiger partial charge in [0.05, 0.1) is 23.5 Å². The summed E-state index contributed by atoms with van der Waals surface area (Å²) in [5.74, 6) is 1.53. The number of hydrogen-bond acceptors (Lipinski definition) is 5. The molecule has 0 saturated carbocycles. The summed E-state index contributed by atoms with van der Waals surface area (Å²) in [5.41, 5.74) is 3.86. The van der Waals surface area contributed by atoms with Crippen molar-refractivity contribution < 1.29 is 14.3 Å². The molecule has 0 unspecified atom stereocenters. The van der Waals surface area contributed by atoms with Crippen molar-refractivity contribution in [2.45, 2.75) is 6.42 Å². The molecule has 2 aromatic carbocycles. The van der Waals surface area contributed by atoms with E-state index in [1.807, 2.05) is 35.7 Å². The number of amides is 1. The number of fused-ring (bicyclic) bond motifs is 1. The Kier molecular flexibility index (Phi) is 4.34. The van der Waals surface area contributed by atoms with Crippen LogP contribution in [0.4, 0.5) is 5.69 Å². The number of thiazole rings is 1. The van der Waals surface area contributed by atoms with Gasteiger partial charge in [0.15, 0.2) is 6.61 Å². The number of rotatable bonds is 4. The molecule has 4 rings (SSSR count). The number of benzene rings is 2. The van der Waals surface area contributed by atoms with E-state index in [0.29, 0.717) is 0 Å². The van der Waals surface area contributed by atoms with Crippen molar-refractivity contribution >= 4 is 22.9 Å². The van der Waals surface area contributed by atoms with E-state index in [4.69, 9.17) is 14.5 Å². The van der Waals surface area contributed by atoms with Crippen molar-refractivity contribution in [3.8, 4) is 22.8 Å². The minimum Gasteiger partial charge on any atom is -0.497 e. The highest BCUT2D eigenvalue weighted by molar-refractivity contribution is 7.10. The quantitative estimate of drug-likeness (QED) is 0.705.